The Labute approximate surface area is 176 Å². The van der Waals surface area contributed by atoms with Crippen LogP contribution in [0.5, 0.6) is 0 Å². The molecule has 1 saturated heterocycles. The summed E-state index contributed by atoms with van der Waals surface area (Å²) in [5.41, 5.74) is 8.48. The summed E-state index contributed by atoms with van der Waals surface area (Å²) in [6, 6.07) is 12.8. The number of ether oxygens (including phenoxy) is 1. The highest BCUT2D eigenvalue weighted by atomic mass is 127. The molecule has 0 atom stereocenters. The van der Waals surface area contributed by atoms with Crippen LogP contribution < -0.4 is 11.1 Å². The number of hydrogen-bond acceptors (Lipinski definition) is 4. The molecule has 7 heteroatoms. The van der Waals surface area contributed by atoms with Crippen molar-refractivity contribution in [2.45, 2.75) is 19.5 Å². The zero-order valence-corrected chi connectivity index (χ0v) is 18.0. The standard InChI is InChI=1S/C19H26N4OS.HI/c20-19(21-7-6-18-5-2-12-25-18)22-14-16-3-1-4-17(13-16)15-23-8-10-24-11-9-23;/h1-5,12-13H,6-11,14-15H2,(H3,20,21,22);1H. The van der Waals surface area contributed by atoms with Gasteiger partial charge in [0, 0.05) is 31.1 Å². The Morgan fingerprint density at radius 2 is 2.00 bits per heavy atom. The zero-order chi connectivity index (χ0) is 17.3. The molecule has 0 spiro atoms. The van der Waals surface area contributed by atoms with Crippen molar-refractivity contribution in [3.63, 3.8) is 0 Å². The first kappa shape index (κ1) is 21.1. The molecule has 1 aromatic carbocycles. The Kier molecular flexibility index (Phi) is 9.38. The van der Waals surface area contributed by atoms with E-state index in [2.05, 4.69) is 57.0 Å². The SMILES string of the molecule is I.NC(=NCc1cccc(CN2CCOCC2)c1)NCCc1cccs1. The molecule has 2 aromatic rings. The molecule has 0 unspecified atom stereocenters. The lowest BCUT2D eigenvalue weighted by Gasteiger charge is -2.26. The summed E-state index contributed by atoms with van der Waals surface area (Å²) in [7, 11) is 0. The van der Waals surface area contributed by atoms with Crippen molar-refractivity contribution in [1.82, 2.24) is 10.2 Å². The Hall–Kier alpha value is -1.16. The topological polar surface area (TPSA) is 62.9 Å². The molecule has 142 valence electrons. The third-order valence-electron chi connectivity index (χ3n) is 4.19. The number of nitrogens with zero attached hydrogens (tertiary/aromatic N) is 2. The van der Waals surface area contributed by atoms with Gasteiger partial charge in [-0.1, -0.05) is 30.3 Å². The van der Waals surface area contributed by atoms with Crippen molar-refractivity contribution in [3.8, 4) is 0 Å². The van der Waals surface area contributed by atoms with Crippen molar-refractivity contribution in [2.75, 3.05) is 32.8 Å². The van der Waals surface area contributed by atoms with E-state index in [0.29, 0.717) is 12.5 Å². The van der Waals surface area contributed by atoms with Gasteiger partial charge in [-0.25, -0.2) is 4.99 Å². The van der Waals surface area contributed by atoms with E-state index in [9.17, 15) is 0 Å². The highest BCUT2D eigenvalue weighted by Gasteiger charge is 2.10. The van der Waals surface area contributed by atoms with Gasteiger partial charge in [0.25, 0.3) is 0 Å². The van der Waals surface area contributed by atoms with Gasteiger partial charge < -0.3 is 15.8 Å². The minimum Gasteiger partial charge on any atom is -0.379 e. The smallest absolute Gasteiger partial charge is 0.188 e. The van der Waals surface area contributed by atoms with Crippen molar-refractivity contribution in [3.05, 3.63) is 57.8 Å². The zero-order valence-electron chi connectivity index (χ0n) is 14.9. The second-order valence-corrected chi connectivity index (χ2v) is 7.20. The van der Waals surface area contributed by atoms with E-state index >= 15 is 0 Å². The Morgan fingerprint density at radius 1 is 1.19 bits per heavy atom. The molecule has 0 aliphatic carbocycles. The number of aliphatic imine (C=N–C) groups is 1. The van der Waals surface area contributed by atoms with Crippen LogP contribution in [0.2, 0.25) is 0 Å². The molecule has 1 aliphatic heterocycles. The molecule has 0 amide bonds. The molecule has 2 heterocycles. The van der Waals surface area contributed by atoms with Gasteiger partial charge in [0.1, 0.15) is 0 Å². The predicted molar refractivity (Wildman–Crippen MR) is 119 cm³/mol. The van der Waals surface area contributed by atoms with Gasteiger partial charge in [0.15, 0.2) is 5.96 Å². The molecule has 26 heavy (non-hydrogen) atoms. The number of benzene rings is 1. The number of thiophene rings is 1. The summed E-state index contributed by atoms with van der Waals surface area (Å²) in [5, 5.41) is 5.28. The molecule has 0 saturated carbocycles. The summed E-state index contributed by atoms with van der Waals surface area (Å²) in [6.45, 7) is 6.06. The van der Waals surface area contributed by atoms with E-state index in [1.165, 1.54) is 16.0 Å². The quantitative estimate of drug-likeness (QED) is 0.359. The van der Waals surface area contributed by atoms with Crippen LogP contribution in [0.1, 0.15) is 16.0 Å². The molecule has 1 aromatic heterocycles. The number of guanidine groups is 1. The van der Waals surface area contributed by atoms with E-state index in [-0.39, 0.29) is 24.0 Å². The Bertz CT molecular complexity index is 672. The van der Waals surface area contributed by atoms with Crippen molar-refractivity contribution in [2.24, 2.45) is 10.7 Å². The second-order valence-electron chi connectivity index (χ2n) is 6.17. The number of halogens is 1. The first-order valence-corrected chi connectivity index (χ1v) is 9.61. The molecule has 3 rings (SSSR count). The number of morpholine rings is 1. The van der Waals surface area contributed by atoms with E-state index in [1.54, 1.807) is 11.3 Å². The molecule has 1 fully saturated rings. The number of nitrogens with two attached hydrogens (primary N) is 1. The lowest BCUT2D eigenvalue weighted by molar-refractivity contribution is 0.0342. The van der Waals surface area contributed by atoms with Gasteiger partial charge >= 0.3 is 0 Å². The van der Waals surface area contributed by atoms with Gasteiger partial charge in [0.05, 0.1) is 19.8 Å². The Balaban J connectivity index is 0.00000243. The summed E-state index contributed by atoms with van der Waals surface area (Å²) in [4.78, 5) is 8.23. The monoisotopic (exact) mass is 486 g/mol. The molecule has 1 aliphatic rings. The minimum atomic E-state index is 0. The fraction of sp³-hybridized carbons (Fsp3) is 0.421. The fourth-order valence-electron chi connectivity index (χ4n) is 2.84. The average Bonchev–Trinajstić information content (AvgIpc) is 3.15. The molecular weight excluding hydrogens is 459 g/mol. The maximum absolute atomic E-state index is 5.97. The van der Waals surface area contributed by atoms with E-state index < -0.39 is 0 Å². The van der Waals surface area contributed by atoms with Crippen molar-refractivity contribution >= 4 is 41.3 Å². The second kappa shape index (κ2) is 11.5. The number of hydrogen-bond donors (Lipinski definition) is 2. The summed E-state index contributed by atoms with van der Waals surface area (Å²) in [5.74, 6) is 0.509. The molecule has 0 bridgehead atoms. The minimum absolute atomic E-state index is 0. The van der Waals surface area contributed by atoms with Crippen LogP contribution >= 0.6 is 35.3 Å². The van der Waals surface area contributed by atoms with Gasteiger partial charge in [-0.15, -0.1) is 35.3 Å². The highest BCUT2D eigenvalue weighted by Crippen LogP contribution is 2.11. The summed E-state index contributed by atoms with van der Waals surface area (Å²) in [6.07, 6.45) is 0.975. The number of rotatable bonds is 7. The molecule has 5 nitrogen and oxygen atoms in total. The third kappa shape index (κ3) is 7.22. The van der Waals surface area contributed by atoms with Crippen LogP contribution in [0, 0.1) is 0 Å². The third-order valence-corrected chi connectivity index (χ3v) is 5.13. The van der Waals surface area contributed by atoms with Crippen LogP contribution in [-0.4, -0.2) is 43.7 Å². The van der Waals surface area contributed by atoms with Crippen molar-refractivity contribution in [1.29, 1.82) is 0 Å². The van der Waals surface area contributed by atoms with E-state index in [0.717, 1.165) is 45.8 Å². The van der Waals surface area contributed by atoms with Crippen LogP contribution in [0.25, 0.3) is 0 Å². The maximum Gasteiger partial charge on any atom is 0.188 e. The van der Waals surface area contributed by atoms with E-state index in [4.69, 9.17) is 10.5 Å². The predicted octanol–water partition coefficient (Wildman–Crippen LogP) is 2.85. The first-order valence-electron chi connectivity index (χ1n) is 8.74. The largest absolute Gasteiger partial charge is 0.379 e. The van der Waals surface area contributed by atoms with Gasteiger partial charge in [-0.3, -0.25) is 4.90 Å². The van der Waals surface area contributed by atoms with Crippen LogP contribution in [-0.2, 0) is 24.2 Å². The van der Waals surface area contributed by atoms with Gasteiger partial charge in [-0.2, -0.15) is 0 Å². The fourth-order valence-corrected chi connectivity index (χ4v) is 3.55. The molecule has 3 N–H and O–H groups in total. The summed E-state index contributed by atoms with van der Waals surface area (Å²) >= 11 is 1.77. The average molecular weight is 486 g/mol. The van der Waals surface area contributed by atoms with E-state index in [1.807, 2.05) is 0 Å². The van der Waals surface area contributed by atoms with Gasteiger partial charge in [0.2, 0.25) is 0 Å². The van der Waals surface area contributed by atoms with Crippen LogP contribution in [0.15, 0.2) is 46.8 Å². The lowest BCUT2D eigenvalue weighted by atomic mass is 10.1. The van der Waals surface area contributed by atoms with Crippen molar-refractivity contribution < 1.29 is 4.74 Å². The maximum atomic E-state index is 5.97. The Morgan fingerprint density at radius 3 is 2.77 bits per heavy atom. The number of nitrogens with one attached hydrogen (secondary N) is 1. The first-order chi connectivity index (χ1) is 12.3. The van der Waals surface area contributed by atoms with Crippen LogP contribution in [0.4, 0.5) is 0 Å². The van der Waals surface area contributed by atoms with Gasteiger partial charge in [-0.05, 0) is 29.0 Å². The molecular formula is C19H27IN4OS. The molecule has 0 radical (unpaired) electrons. The lowest BCUT2D eigenvalue weighted by Crippen LogP contribution is -2.35. The highest BCUT2D eigenvalue weighted by molar-refractivity contribution is 14.0. The normalized spacial score (nSPS) is 15.5. The van der Waals surface area contributed by atoms with Crippen LogP contribution in [0.3, 0.4) is 0 Å². The summed E-state index contributed by atoms with van der Waals surface area (Å²) < 4.78 is 5.40.